The minimum Gasteiger partial charge on any atom is -0.241 e. The lowest BCUT2D eigenvalue weighted by atomic mass is 10.0. The van der Waals surface area contributed by atoms with Gasteiger partial charge in [0.05, 0.1) is 26.7 Å². The number of alkyl halides is 6. The quantitative estimate of drug-likeness (QED) is 0.440. The van der Waals surface area contributed by atoms with E-state index < -0.39 is 23.5 Å². The van der Waals surface area contributed by atoms with Crippen LogP contribution in [0.3, 0.4) is 0 Å². The number of aromatic nitrogens is 1. The van der Waals surface area contributed by atoms with E-state index in [2.05, 4.69) is 4.98 Å². The first-order chi connectivity index (χ1) is 12.1. The van der Waals surface area contributed by atoms with Gasteiger partial charge in [0.1, 0.15) is 0 Å². The third-order valence-electron chi connectivity index (χ3n) is 3.63. The average molecular weight is 387 g/mol. The van der Waals surface area contributed by atoms with Crippen molar-refractivity contribution >= 4 is 11.3 Å². The van der Waals surface area contributed by atoms with Crippen LogP contribution in [0.5, 0.6) is 0 Å². The molecule has 3 rings (SSSR count). The Balaban J connectivity index is 2.25. The van der Waals surface area contributed by atoms with Crippen LogP contribution in [0.4, 0.5) is 26.3 Å². The maximum atomic E-state index is 13.1. The molecular formula is C18H11F6NS. The van der Waals surface area contributed by atoms with Gasteiger partial charge in [-0.2, -0.15) is 26.3 Å². The minimum absolute atomic E-state index is 0.125. The Kier molecular flexibility index (Phi) is 4.56. The molecule has 136 valence electrons. The highest BCUT2D eigenvalue weighted by Crippen LogP contribution is 2.42. The summed E-state index contributed by atoms with van der Waals surface area (Å²) in [6.45, 7) is 1.65. The number of thiazole rings is 1. The highest BCUT2D eigenvalue weighted by Gasteiger charge is 2.37. The summed E-state index contributed by atoms with van der Waals surface area (Å²) in [5.41, 5.74) is -1.85. The van der Waals surface area contributed by atoms with Crippen molar-refractivity contribution in [3.05, 3.63) is 64.7 Å². The largest absolute Gasteiger partial charge is 0.416 e. The second-order valence-corrected chi connectivity index (χ2v) is 6.77. The summed E-state index contributed by atoms with van der Waals surface area (Å²) in [7, 11) is 0. The highest BCUT2D eigenvalue weighted by atomic mass is 32.1. The summed E-state index contributed by atoms with van der Waals surface area (Å²) in [5.74, 6) is 0. The molecule has 1 aromatic heterocycles. The molecule has 1 nitrogen and oxygen atoms in total. The predicted octanol–water partition coefficient (Wildman–Crippen LogP) is 6.82. The van der Waals surface area contributed by atoms with E-state index in [0.717, 1.165) is 23.5 Å². The maximum absolute atomic E-state index is 13.1. The van der Waals surface area contributed by atoms with Crippen LogP contribution < -0.4 is 0 Å². The van der Waals surface area contributed by atoms with Gasteiger partial charge in [0.2, 0.25) is 0 Å². The van der Waals surface area contributed by atoms with E-state index in [1.54, 1.807) is 37.3 Å². The number of halogens is 6. The van der Waals surface area contributed by atoms with Crippen molar-refractivity contribution in [2.24, 2.45) is 0 Å². The number of benzene rings is 2. The Hall–Kier alpha value is -2.35. The lowest BCUT2D eigenvalue weighted by molar-refractivity contribution is -0.143. The van der Waals surface area contributed by atoms with E-state index in [1.165, 1.54) is 0 Å². The summed E-state index contributed by atoms with van der Waals surface area (Å²) in [6.07, 6.45) is -9.77. The molecule has 2 aromatic carbocycles. The van der Waals surface area contributed by atoms with E-state index in [0.29, 0.717) is 16.3 Å². The van der Waals surface area contributed by atoms with Crippen molar-refractivity contribution < 1.29 is 26.3 Å². The molecule has 0 unspecified atom stereocenters. The molecule has 0 aliphatic rings. The van der Waals surface area contributed by atoms with E-state index >= 15 is 0 Å². The molecule has 0 spiro atoms. The van der Waals surface area contributed by atoms with Crippen LogP contribution in [-0.4, -0.2) is 4.98 Å². The molecule has 0 amide bonds. The van der Waals surface area contributed by atoms with E-state index in [-0.39, 0.29) is 16.5 Å². The van der Waals surface area contributed by atoms with Crippen LogP contribution in [0, 0.1) is 6.92 Å². The molecule has 3 aromatic rings. The summed E-state index contributed by atoms with van der Waals surface area (Å²) < 4.78 is 78.6. The van der Waals surface area contributed by atoms with Crippen molar-refractivity contribution in [2.45, 2.75) is 19.3 Å². The molecule has 8 heteroatoms. The standard InChI is InChI=1S/C18H11F6NS/c1-10-25-15(11-5-3-2-4-6-11)16(26-10)12-7-13(17(19,20)21)9-14(8-12)18(22,23)24/h2-9H,1H3. The molecule has 0 atom stereocenters. The first-order valence-electron chi connectivity index (χ1n) is 7.38. The zero-order valence-electron chi connectivity index (χ0n) is 13.2. The normalized spacial score (nSPS) is 12.4. The van der Waals surface area contributed by atoms with Gasteiger partial charge in [-0.3, -0.25) is 0 Å². The molecule has 0 saturated carbocycles. The molecule has 0 aliphatic carbocycles. The average Bonchev–Trinajstić information content (AvgIpc) is 2.95. The maximum Gasteiger partial charge on any atom is 0.416 e. The van der Waals surface area contributed by atoms with E-state index in [1.807, 2.05) is 0 Å². The highest BCUT2D eigenvalue weighted by molar-refractivity contribution is 7.15. The Labute approximate surface area is 148 Å². The fraction of sp³-hybridized carbons (Fsp3) is 0.167. The Morgan fingerprint density at radius 1 is 0.769 bits per heavy atom. The molecule has 0 aliphatic heterocycles. The second-order valence-electron chi connectivity index (χ2n) is 5.57. The van der Waals surface area contributed by atoms with Crippen molar-refractivity contribution in [3.63, 3.8) is 0 Å². The van der Waals surface area contributed by atoms with Gasteiger partial charge in [0, 0.05) is 5.56 Å². The molecule has 0 bridgehead atoms. The molecule has 0 radical (unpaired) electrons. The van der Waals surface area contributed by atoms with Crippen molar-refractivity contribution in [1.82, 2.24) is 4.98 Å². The van der Waals surface area contributed by atoms with Crippen LogP contribution in [0.1, 0.15) is 16.1 Å². The Morgan fingerprint density at radius 3 is 1.81 bits per heavy atom. The van der Waals surface area contributed by atoms with E-state index in [9.17, 15) is 26.3 Å². The summed E-state index contributed by atoms with van der Waals surface area (Å²) in [6, 6.07) is 10.2. The molecule has 0 fully saturated rings. The minimum atomic E-state index is -4.89. The lowest BCUT2D eigenvalue weighted by Gasteiger charge is -2.14. The SMILES string of the molecule is Cc1nc(-c2ccccc2)c(-c2cc(C(F)(F)F)cc(C(F)(F)F)c2)s1. The zero-order valence-corrected chi connectivity index (χ0v) is 14.1. The van der Waals surface area contributed by atoms with Crippen molar-refractivity contribution in [2.75, 3.05) is 0 Å². The Morgan fingerprint density at radius 2 is 1.31 bits per heavy atom. The van der Waals surface area contributed by atoms with Crippen LogP contribution in [-0.2, 0) is 12.4 Å². The fourth-order valence-electron chi connectivity index (χ4n) is 2.50. The van der Waals surface area contributed by atoms with Crippen molar-refractivity contribution in [3.8, 4) is 21.7 Å². The molecule has 1 heterocycles. The van der Waals surface area contributed by atoms with Gasteiger partial charge in [-0.05, 0) is 30.7 Å². The molecule has 26 heavy (non-hydrogen) atoms. The first-order valence-corrected chi connectivity index (χ1v) is 8.20. The van der Waals surface area contributed by atoms with Gasteiger partial charge in [0.15, 0.2) is 0 Å². The summed E-state index contributed by atoms with van der Waals surface area (Å²) in [4.78, 5) is 4.57. The zero-order chi connectivity index (χ0) is 19.1. The van der Waals surface area contributed by atoms with Crippen LogP contribution in [0.15, 0.2) is 48.5 Å². The van der Waals surface area contributed by atoms with Crippen LogP contribution in [0.25, 0.3) is 21.7 Å². The predicted molar refractivity (Wildman–Crippen MR) is 87.7 cm³/mol. The van der Waals surface area contributed by atoms with Gasteiger partial charge in [-0.15, -0.1) is 11.3 Å². The first kappa shape index (κ1) is 18.4. The summed E-state index contributed by atoms with van der Waals surface area (Å²) in [5, 5.41) is 0.546. The molecule has 0 saturated heterocycles. The van der Waals surface area contributed by atoms with Crippen LogP contribution in [0.2, 0.25) is 0 Å². The number of aryl methyl sites for hydroxylation is 1. The topological polar surface area (TPSA) is 12.9 Å². The number of rotatable bonds is 2. The third kappa shape index (κ3) is 3.75. The van der Waals surface area contributed by atoms with Gasteiger partial charge in [-0.1, -0.05) is 30.3 Å². The smallest absolute Gasteiger partial charge is 0.241 e. The van der Waals surface area contributed by atoms with E-state index in [4.69, 9.17) is 0 Å². The van der Waals surface area contributed by atoms with Gasteiger partial charge >= 0.3 is 12.4 Å². The fourth-order valence-corrected chi connectivity index (χ4v) is 3.43. The molecule has 0 N–H and O–H groups in total. The van der Waals surface area contributed by atoms with Gasteiger partial charge < -0.3 is 0 Å². The number of nitrogens with zero attached hydrogens (tertiary/aromatic N) is 1. The Bertz CT molecular complexity index is 893. The van der Waals surface area contributed by atoms with Crippen LogP contribution >= 0.6 is 11.3 Å². The monoisotopic (exact) mass is 387 g/mol. The van der Waals surface area contributed by atoms with Gasteiger partial charge in [0.25, 0.3) is 0 Å². The van der Waals surface area contributed by atoms with Gasteiger partial charge in [-0.25, -0.2) is 4.98 Å². The molecular weight excluding hydrogens is 376 g/mol. The third-order valence-corrected chi connectivity index (χ3v) is 4.65. The number of hydrogen-bond donors (Lipinski definition) is 0. The second kappa shape index (κ2) is 6.42. The lowest BCUT2D eigenvalue weighted by Crippen LogP contribution is -2.11. The van der Waals surface area contributed by atoms with Crippen molar-refractivity contribution in [1.29, 1.82) is 0 Å². The summed E-state index contributed by atoms with van der Waals surface area (Å²) >= 11 is 1.06. The number of hydrogen-bond acceptors (Lipinski definition) is 2.